The molecule has 0 aromatic heterocycles. The van der Waals surface area contributed by atoms with Crippen molar-refractivity contribution in [3.63, 3.8) is 0 Å². The Hall–Kier alpha value is -2.85. The standard InChI is InChI=1S/C25H29NO3/c1-25(2,3)29-24(27)26-17-19-11-13-20(14-12-19)18-28-16-15-22-9-6-8-21-7-4-5-10-23(21)22/h4-14H,15-18H2,1-3H3,(H,26,27). The minimum atomic E-state index is -0.489. The number of amides is 1. The van der Waals surface area contributed by atoms with Gasteiger partial charge in [0.15, 0.2) is 0 Å². The summed E-state index contributed by atoms with van der Waals surface area (Å²) < 4.78 is 11.1. The molecule has 3 aromatic carbocycles. The van der Waals surface area contributed by atoms with Crippen LogP contribution in [-0.2, 0) is 29.0 Å². The molecule has 0 fully saturated rings. The van der Waals surface area contributed by atoms with E-state index in [-0.39, 0.29) is 0 Å². The number of rotatable bonds is 7. The van der Waals surface area contributed by atoms with Crippen LogP contribution >= 0.6 is 0 Å². The van der Waals surface area contributed by atoms with Crippen LogP contribution in [0.1, 0.15) is 37.5 Å². The minimum Gasteiger partial charge on any atom is -0.444 e. The van der Waals surface area contributed by atoms with Gasteiger partial charge in [-0.2, -0.15) is 0 Å². The fourth-order valence-corrected chi connectivity index (χ4v) is 3.12. The largest absolute Gasteiger partial charge is 0.444 e. The van der Waals surface area contributed by atoms with Crippen LogP contribution in [0.25, 0.3) is 10.8 Å². The van der Waals surface area contributed by atoms with Gasteiger partial charge in [-0.05, 0) is 54.7 Å². The number of hydrogen-bond acceptors (Lipinski definition) is 3. The molecule has 0 aliphatic rings. The van der Waals surface area contributed by atoms with Crippen LogP contribution in [0.15, 0.2) is 66.7 Å². The number of ether oxygens (including phenoxy) is 2. The van der Waals surface area contributed by atoms with Gasteiger partial charge in [-0.3, -0.25) is 0 Å². The Morgan fingerprint density at radius 1 is 0.897 bits per heavy atom. The Morgan fingerprint density at radius 3 is 2.34 bits per heavy atom. The zero-order valence-electron chi connectivity index (χ0n) is 17.4. The van der Waals surface area contributed by atoms with Gasteiger partial charge in [0, 0.05) is 6.54 Å². The van der Waals surface area contributed by atoms with Gasteiger partial charge in [-0.25, -0.2) is 4.79 Å². The van der Waals surface area contributed by atoms with E-state index in [4.69, 9.17) is 9.47 Å². The average Bonchev–Trinajstić information content (AvgIpc) is 2.69. The van der Waals surface area contributed by atoms with Gasteiger partial charge in [0.1, 0.15) is 5.60 Å². The number of nitrogens with one attached hydrogen (secondary N) is 1. The fraction of sp³-hybridized carbons (Fsp3) is 0.320. The third kappa shape index (κ3) is 6.61. The smallest absolute Gasteiger partial charge is 0.407 e. The van der Waals surface area contributed by atoms with E-state index in [1.165, 1.54) is 16.3 Å². The zero-order chi connectivity index (χ0) is 20.7. The summed E-state index contributed by atoms with van der Waals surface area (Å²) >= 11 is 0. The summed E-state index contributed by atoms with van der Waals surface area (Å²) in [6.45, 7) is 7.24. The van der Waals surface area contributed by atoms with Crippen molar-refractivity contribution in [1.82, 2.24) is 5.32 Å². The van der Waals surface area contributed by atoms with Gasteiger partial charge in [0.2, 0.25) is 0 Å². The first kappa shape index (κ1) is 20.9. The molecular weight excluding hydrogens is 362 g/mol. The number of carbonyl (C=O) groups is 1. The van der Waals surface area contributed by atoms with E-state index < -0.39 is 11.7 Å². The Balaban J connectivity index is 1.43. The van der Waals surface area contributed by atoms with Gasteiger partial charge < -0.3 is 14.8 Å². The van der Waals surface area contributed by atoms with Crippen LogP contribution in [0.3, 0.4) is 0 Å². The number of carbonyl (C=O) groups excluding carboxylic acids is 1. The van der Waals surface area contributed by atoms with Crippen LogP contribution < -0.4 is 5.32 Å². The quantitative estimate of drug-likeness (QED) is 0.532. The zero-order valence-corrected chi connectivity index (χ0v) is 17.4. The highest BCUT2D eigenvalue weighted by atomic mass is 16.6. The molecule has 0 aliphatic carbocycles. The van der Waals surface area contributed by atoms with Crippen LogP contribution in [-0.4, -0.2) is 18.3 Å². The molecule has 0 bridgehead atoms. The van der Waals surface area contributed by atoms with E-state index in [0.29, 0.717) is 19.8 Å². The van der Waals surface area contributed by atoms with Crippen molar-refractivity contribution in [3.05, 3.63) is 83.4 Å². The van der Waals surface area contributed by atoms with Crippen LogP contribution in [0.5, 0.6) is 0 Å². The van der Waals surface area contributed by atoms with Crippen molar-refractivity contribution in [3.8, 4) is 0 Å². The number of benzene rings is 3. The van der Waals surface area contributed by atoms with Gasteiger partial charge in [0.25, 0.3) is 0 Å². The maximum absolute atomic E-state index is 11.7. The summed E-state index contributed by atoms with van der Waals surface area (Å²) in [6.07, 6.45) is 0.484. The lowest BCUT2D eigenvalue weighted by atomic mass is 10.0. The lowest BCUT2D eigenvalue weighted by molar-refractivity contribution is 0.0523. The molecule has 0 radical (unpaired) electrons. The highest BCUT2D eigenvalue weighted by Gasteiger charge is 2.15. The van der Waals surface area contributed by atoms with E-state index in [1.807, 2.05) is 45.0 Å². The van der Waals surface area contributed by atoms with Crippen molar-refractivity contribution in [1.29, 1.82) is 0 Å². The number of hydrogen-bond donors (Lipinski definition) is 1. The second kappa shape index (κ2) is 9.57. The molecule has 29 heavy (non-hydrogen) atoms. The summed E-state index contributed by atoms with van der Waals surface area (Å²) in [7, 11) is 0. The van der Waals surface area contributed by atoms with Crippen LogP contribution in [0.4, 0.5) is 4.79 Å². The second-order valence-electron chi connectivity index (χ2n) is 8.11. The molecule has 3 rings (SSSR count). The molecule has 0 atom stereocenters. The van der Waals surface area contributed by atoms with Crippen molar-refractivity contribution in [2.75, 3.05) is 6.61 Å². The van der Waals surface area contributed by atoms with Gasteiger partial charge in [0.05, 0.1) is 13.2 Å². The highest BCUT2D eigenvalue weighted by molar-refractivity contribution is 5.85. The summed E-state index contributed by atoms with van der Waals surface area (Å²) in [5, 5.41) is 5.32. The summed E-state index contributed by atoms with van der Waals surface area (Å²) in [6, 6.07) is 22.9. The Labute approximate surface area is 172 Å². The first-order chi connectivity index (χ1) is 13.9. The maximum Gasteiger partial charge on any atom is 0.407 e. The van der Waals surface area contributed by atoms with E-state index in [0.717, 1.165) is 17.5 Å². The second-order valence-corrected chi connectivity index (χ2v) is 8.11. The lowest BCUT2D eigenvalue weighted by Crippen LogP contribution is -2.32. The molecule has 1 amide bonds. The highest BCUT2D eigenvalue weighted by Crippen LogP contribution is 2.19. The molecule has 0 spiro atoms. The molecular formula is C25H29NO3. The average molecular weight is 392 g/mol. The molecule has 3 aromatic rings. The van der Waals surface area contributed by atoms with Crippen molar-refractivity contribution in [2.24, 2.45) is 0 Å². The summed E-state index contributed by atoms with van der Waals surface area (Å²) in [5.41, 5.74) is 2.96. The molecule has 152 valence electrons. The summed E-state index contributed by atoms with van der Waals surface area (Å²) in [4.78, 5) is 11.7. The van der Waals surface area contributed by atoms with Crippen molar-refractivity contribution in [2.45, 2.75) is 45.9 Å². The Kier molecular flexibility index (Phi) is 6.89. The summed E-state index contributed by atoms with van der Waals surface area (Å²) in [5.74, 6) is 0. The van der Waals surface area contributed by atoms with E-state index >= 15 is 0 Å². The molecule has 0 saturated heterocycles. The van der Waals surface area contributed by atoms with E-state index in [9.17, 15) is 4.79 Å². The maximum atomic E-state index is 11.7. The SMILES string of the molecule is CC(C)(C)OC(=O)NCc1ccc(COCCc2cccc3ccccc23)cc1. The first-order valence-corrected chi connectivity index (χ1v) is 10.00. The molecule has 4 heteroatoms. The minimum absolute atomic E-state index is 0.404. The van der Waals surface area contributed by atoms with Crippen molar-refractivity contribution >= 4 is 16.9 Å². The molecule has 1 N–H and O–H groups in total. The third-order valence-electron chi connectivity index (χ3n) is 4.52. The molecule has 0 aliphatic heterocycles. The molecule has 4 nitrogen and oxygen atoms in total. The van der Waals surface area contributed by atoms with E-state index in [1.54, 1.807) is 0 Å². The van der Waals surface area contributed by atoms with Gasteiger partial charge >= 0.3 is 6.09 Å². The van der Waals surface area contributed by atoms with E-state index in [2.05, 4.69) is 47.8 Å². The van der Waals surface area contributed by atoms with Crippen LogP contribution in [0.2, 0.25) is 0 Å². The third-order valence-corrected chi connectivity index (χ3v) is 4.52. The molecule has 0 saturated carbocycles. The Morgan fingerprint density at radius 2 is 1.59 bits per heavy atom. The first-order valence-electron chi connectivity index (χ1n) is 10.00. The predicted molar refractivity (Wildman–Crippen MR) is 117 cm³/mol. The number of fused-ring (bicyclic) bond motifs is 1. The lowest BCUT2D eigenvalue weighted by Gasteiger charge is -2.19. The van der Waals surface area contributed by atoms with Crippen LogP contribution in [0, 0.1) is 0 Å². The van der Waals surface area contributed by atoms with Gasteiger partial charge in [-0.15, -0.1) is 0 Å². The predicted octanol–water partition coefficient (Wildman–Crippen LogP) is 5.62. The van der Waals surface area contributed by atoms with Gasteiger partial charge in [-0.1, -0.05) is 66.7 Å². The normalized spacial score (nSPS) is 11.4. The monoisotopic (exact) mass is 391 g/mol. The number of alkyl carbamates (subject to hydrolysis) is 1. The van der Waals surface area contributed by atoms with Crippen molar-refractivity contribution < 1.29 is 14.3 Å². The Bertz CT molecular complexity index is 937. The molecule has 0 unspecified atom stereocenters. The topological polar surface area (TPSA) is 47.6 Å². The molecule has 0 heterocycles. The fourth-order valence-electron chi connectivity index (χ4n) is 3.12.